The van der Waals surface area contributed by atoms with Crippen LogP contribution in [-0.2, 0) is 28.6 Å². The van der Waals surface area contributed by atoms with E-state index in [1.165, 1.54) is 57.8 Å². The van der Waals surface area contributed by atoms with Crippen molar-refractivity contribution in [1.82, 2.24) is 0 Å². The first-order valence-electron chi connectivity index (χ1n) is 20.5. The Bertz CT molecular complexity index is 1100. The van der Waals surface area contributed by atoms with Crippen LogP contribution in [0.1, 0.15) is 142 Å². The van der Waals surface area contributed by atoms with Crippen molar-refractivity contribution in [2.75, 3.05) is 41.0 Å². The molecule has 53 heavy (non-hydrogen) atoms. The summed E-state index contributed by atoms with van der Waals surface area (Å²) >= 11 is 0. The van der Waals surface area contributed by atoms with Crippen molar-refractivity contribution >= 4 is 17.9 Å². The summed E-state index contributed by atoms with van der Waals surface area (Å²) in [5, 5.41) is 11.6. The molecule has 0 bridgehead atoms. The summed E-state index contributed by atoms with van der Waals surface area (Å²) in [7, 11) is 5.38. The molecule has 0 N–H and O–H groups in total. The normalized spacial score (nSPS) is 13.8. The van der Waals surface area contributed by atoms with Gasteiger partial charge in [-0.05, 0) is 32.1 Å². The van der Waals surface area contributed by atoms with Crippen molar-refractivity contribution in [2.45, 2.75) is 154 Å². The molecule has 0 aliphatic heterocycles. The highest BCUT2D eigenvalue weighted by molar-refractivity contribution is 5.70. The van der Waals surface area contributed by atoms with Crippen LogP contribution in [0.3, 0.4) is 0 Å². The number of nitrogens with zero attached hydrogens (tertiary/aromatic N) is 1. The molecule has 302 valence electrons. The molecule has 2 atom stereocenters. The molecule has 0 aliphatic carbocycles. The van der Waals surface area contributed by atoms with Gasteiger partial charge < -0.3 is 28.6 Å². The summed E-state index contributed by atoms with van der Waals surface area (Å²) < 4.78 is 17.1. The molecule has 8 nitrogen and oxygen atoms in total. The van der Waals surface area contributed by atoms with Crippen LogP contribution in [0.15, 0.2) is 72.9 Å². The van der Waals surface area contributed by atoms with Crippen molar-refractivity contribution in [3.63, 3.8) is 0 Å². The molecule has 0 aromatic heterocycles. The second-order valence-corrected chi connectivity index (χ2v) is 14.7. The van der Waals surface area contributed by atoms with Crippen LogP contribution >= 0.6 is 0 Å². The number of esters is 2. The molecule has 0 fully saturated rings. The van der Waals surface area contributed by atoms with E-state index in [0.29, 0.717) is 12.8 Å². The number of unbranched alkanes of at least 4 members (excludes halogenated alkanes) is 14. The Hall–Kier alpha value is -3.23. The molecule has 0 amide bonds. The second-order valence-electron chi connectivity index (χ2n) is 14.7. The van der Waals surface area contributed by atoms with Crippen molar-refractivity contribution in [1.29, 1.82) is 0 Å². The van der Waals surface area contributed by atoms with Gasteiger partial charge in [-0.2, -0.15) is 0 Å². The third-order valence-corrected chi connectivity index (χ3v) is 8.77. The van der Waals surface area contributed by atoms with Gasteiger partial charge in [0.25, 0.3) is 0 Å². The number of ether oxygens (including phenoxy) is 3. The summed E-state index contributed by atoms with van der Waals surface area (Å²) in [4.78, 5) is 36.7. The third kappa shape index (κ3) is 34.3. The molecule has 0 aromatic carbocycles. The number of quaternary nitrogens is 1. The predicted octanol–water partition coefficient (Wildman–Crippen LogP) is 9.46. The number of carbonyl (C=O) groups excluding carboxylic acids is 3. The molecule has 0 spiro atoms. The van der Waals surface area contributed by atoms with Gasteiger partial charge in [0.05, 0.1) is 40.3 Å². The zero-order valence-electron chi connectivity index (χ0n) is 34.2. The van der Waals surface area contributed by atoms with Gasteiger partial charge in [0, 0.05) is 19.3 Å². The zero-order chi connectivity index (χ0) is 39.3. The average Bonchev–Trinajstić information content (AvgIpc) is 3.11. The lowest BCUT2D eigenvalue weighted by molar-refractivity contribution is -0.889. The minimum atomic E-state index is -1.14. The summed E-state index contributed by atoms with van der Waals surface area (Å²) in [6.45, 7) is 4.44. The Kier molecular flexibility index (Phi) is 33.6. The van der Waals surface area contributed by atoms with Gasteiger partial charge in [-0.1, -0.05) is 164 Å². The van der Waals surface area contributed by atoms with Crippen LogP contribution in [0.5, 0.6) is 0 Å². The average molecular weight is 742 g/mol. The van der Waals surface area contributed by atoms with Gasteiger partial charge >= 0.3 is 11.9 Å². The fraction of sp³-hybridized carbons (Fsp3) is 0.667. The van der Waals surface area contributed by atoms with E-state index in [1.807, 2.05) is 60.8 Å². The molecule has 8 heteroatoms. The topological polar surface area (TPSA) is 102 Å². The van der Waals surface area contributed by atoms with Gasteiger partial charge in [-0.15, -0.1) is 0 Å². The minimum Gasteiger partial charge on any atom is -0.544 e. The fourth-order valence-corrected chi connectivity index (χ4v) is 5.57. The Labute approximate surface area is 323 Å². The third-order valence-electron chi connectivity index (χ3n) is 8.77. The highest BCUT2D eigenvalue weighted by Crippen LogP contribution is 2.14. The van der Waals surface area contributed by atoms with Crippen molar-refractivity contribution in [3.8, 4) is 0 Å². The highest BCUT2D eigenvalue weighted by atomic mass is 16.6. The summed E-state index contributed by atoms with van der Waals surface area (Å²) in [5.74, 6) is -1.80. The second kappa shape index (κ2) is 35.8. The summed E-state index contributed by atoms with van der Waals surface area (Å²) in [6, 6.07) is -0.736. The first-order chi connectivity index (χ1) is 25.6. The van der Waals surface area contributed by atoms with Crippen LogP contribution in [0.2, 0.25) is 0 Å². The van der Waals surface area contributed by atoms with E-state index < -0.39 is 18.1 Å². The highest BCUT2D eigenvalue weighted by Gasteiger charge is 2.25. The smallest absolute Gasteiger partial charge is 0.306 e. The minimum absolute atomic E-state index is 0.0199. The summed E-state index contributed by atoms with van der Waals surface area (Å²) in [6.07, 6.45) is 43.5. The lowest BCUT2D eigenvalue weighted by atomic mass is 10.0. The largest absolute Gasteiger partial charge is 0.544 e. The van der Waals surface area contributed by atoms with E-state index in [1.54, 1.807) is 21.1 Å². The molecule has 0 saturated heterocycles. The number of hydrogen-bond donors (Lipinski definition) is 0. The molecule has 0 aromatic rings. The molecular formula is C45H75NO7. The maximum atomic E-state index is 12.7. The fourth-order valence-electron chi connectivity index (χ4n) is 5.57. The van der Waals surface area contributed by atoms with Crippen LogP contribution in [0.25, 0.3) is 0 Å². The zero-order valence-corrected chi connectivity index (χ0v) is 34.2. The van der Waals surface area contributed by atoms with E-state index in [9.17, 15) is 19.5 Å². The van der Waals surface area contributed by atoms with Gasteiger partial charge in [-0.25, -0.2) is 0 Å². The van der Waals surface area contributed by atoms with Crippen LogP contribution in [0, 0.1) is 0 Å². The van der Waals surface area contributed by atoms with Crippen LogP contribution in [0.4, 0.5) is 0 Å². The number of rotatable bonds is 35. The number of hydrogen-bond acceptors (Lipinski definition) is 7. The number of likely N-dealkylation sites (N-methyl/N-ethyl adjacent to an activating group) is 1. The van der Waals surface area contributed by atoms with E-state index in [0.717, 1.165) is 44.9 Å². The first kappa shape index (κ1) is 49.8. The van der Waals surface area contributed by atoms with Crippen molar-refractivity contribution in [3.05, 3.63) is 72.9 Å². The van der Waals surface area contributed by atoms with E-state index in [-0.39, 0.29) is 49.1 Å². The summed E-state index contributed by atoms with van der Waals surface area (Å²) in [5.41, 5.74) is 0. The van der Waals surface area contributed by atoms with Crippen LogP contribution in [-0.4, -0.2) is 75.5 Å². The molecule has 0 radical (unpaired) electrons. The molecule has 2 unspecified atom stereocenters. The molecule has 0 rings (SSSR count). The Morgan fingerprint density at radius 3 is 1.57 bits per heavy atom. The molecular weight excluding hydrogens is 666 g/mol. The molecule has 0 heterocycles. The van der Waals surface area contributed by atoms with E-state index in [2.05, 4.69) is 26.0 Å². The van der Waals surface area contributed by atoms with Gasteiger partial charge in [0.2, 0.25) is 0 Å². The van der Waals surface area contributed by atoms with Crippen molar-refractivity contribution < 1.29 is 38.2 Å². The standard InChI is InChI=1S/C45H75NO7/c1-6-8-10-12-14-16-18-20-21-22-23-24-26-28-30-32-34-36-44(48)53-41(39-51-38-37-42(45(49)50)46(3,4)5)40-52-43(47)35-33-31-29-27-25-19-17-15-13-11-9-7-2/h8,10,12,14,16,18,20-24,26,41-42H,6-7,9,11,13,15,17,19,25,27-40H2,1-5H3/b10-8+,14-12+,18-16+,21-20+,23-22+,26-24+. The maximum absolute atomic E-state index is 12.7. The lowest BCUT2D eigenvalue weighted by Gasteiger charge is -2.34. The molecule has 0 saturated carbocycles. The number of allylic oxidation sites excluding steroid dienone is 12. The Morgan fingerprint density at radius 2 is 1.06 bits per heavy atom. The Balaban J connectivity index is 4.51. The SMILES string of the molecule is CC/C=C/C=C/C=C/C=C/C=C/C=C/CCCCCC(=O)OC(COCCC(C(=O)[O-])[N+](C)(C)C)COC(=O)CCCCCCCCCCCCCC. The molecule has 0 aliphatic rings. The Morgan fingerprint density at radius 1 is 0.585 bits per heavy atom. The first-order valence-corrected chi connectivity index (χ1v) is 20.5. The van der Waals surface area contributed by atoms with Gasteiger partial charge in [0.1, 0.15) is 12.6 Å². The number of carboxylic acid groups (broad SMARTS) is 1. The van der Waals surface area contributed by atoms with Gasteiger partial charge in [0.15, 0.2) is 6.10 Å². The monoisotopic (exact) mass is 742 g/mol. The van der Waals surface area contributed by atoms with Crippen molar-refractivity contribution in [2.24, 2.45) is 0 Å². The maximum Gasteiger partial charge on any atom is 0.306 e. The number of aliphatic carboxylic acids is 1. The van der Waals surface area contributed by atoms with E-state index >= 15 is 0 Å². The predicted molar refractivity (Wildman–Crippen MR) is 217 cm³/mol. The lowest BCUT2D eigenvalue weighted by Crippen LogP contribution is -2.55. The quantitative estimate of drug-likeness (QED) is 0.0276. The number of carboxylic acids is 1. The van der Waals surface area contributed by atoms with Crippen LogP contribution < -0.4 is 5.11 Å². The van der Waals surface area contributed by atoms with E-state index in [4.69, 9.17) is 14.2 Å². The van der Waals surface area contributed by atoms with Gasteiger partial charge in [-0.3, -0.25) is 9.59 Å². The number of carbonyl (C=O) groups is 3.